The molecule has 2 aromatic heterocycles. The number of hydrogen-bond acceptors (Lipinski definition) is 10. The molecule has 0 unspecified atom stereocenters. The van der Waals surface area contributed by atoms with E-state index in [9.17, 15) is 22.4 Å². The number of benzene rings is 2. The number of nitrogens with two attached hydrogens (primary N) is 2. The van der Waals surface area contributed by atoms with E-state index in [0.717, 1.165) is 48.9 Å². The molecule has 1 atom stereocenters. The van der Waals surface area contributed by atoms with E-state index in [1.165, 1.54) is 4.90 Å². The van der Waals surface area contributed by atoms with Crippen molar-refractivity contribution in [2.24, 2.45) is 5.73 Å². The van der Waals surface area contributed by atoms with Crippen LogP contribution in [0.15, 0.2) is 18.2 Å². The number of rotatable bonds is 7. The molecule has 1 amide bonds. The summed E-state index contributed by atoms with van der Waals surface area (Å²) in [7, 11) is 1.94. The Morgan fingerprint density at radius 2 is 1.95 bits per heavy atom. The molecule has 2 saturated heterocycles. The standard InChI is InChI=1S/C27H27F5N8O2S/c1-39-6-2-3-13(39)11-42-26-37-21-15(24(38-26)35-12-9-40(10-12)18(41)8-33)7-16(27(30,31)32)19(20(21)29)14-4-5-17(28)23-22(14)36-25(34)43-23/h4-5,7,12-13H,2-3,6,8-11,33H2,1H3,(H2,34,36)(H,35,37,38)/t13-/m0/s1. The molecule has 6 rings (SSSR count). The summed E-state index contributed by atoms with van der Waals surface area (Å²) in [5, 5.41) is 2.71. The second-order valence-corrected chi connectivity index (χ2v) is 11.6. The molecule has 2 fully saturated rings. The number of anilines is 2. The lowest BCUT2D eigenvalue weighted by Gasteiger charge is -2.39. The monoisotopic (exact) mass is 622 g/mol. The smallest absolute Gasteiger partial charge is 0.417 e. The first-order valence-corrected chi connectivity index (χ1v) is 14.3. The quantitative estimate of drug-likeness (QED) is 0.263. The van der Waals surface area contributed by atoms with Crippen molar-refractivity contribution in [1.29, 1.82) is 0 Å². The van der Waals surface area contributed by atoms with Crippen molar-refractivity contribution in [3.05, 3.63) is 35.4 Å². The molecule has 2 aromatic carbocycles. The lowest BCUT2D eigenvalue weighted by molar-refractivity contribution is -0.137. The van der Waals surface area contributed by atoms with E-state index in [-0.39, 0.29) is 82.4 Å². The molecular formula is C27H27F5N8O2S. The normalized spacial score (nSPS) is 18.0. The number of carbonyl (C=O) groups excluding carboxylic acids is 1. The second-order valence-electron chi connectivity index (χ2n) is 10.6. The first-order chi connectivity index (χ1) is 20.4. The van der Waals surface area contributed by atoms with E-state index in [2.05, 4.69) is 25.2 Å². The molecule has 4 aromatic rings. The van der Waals surface area contributed by atoms with Crippen molar-refractivity contribution in [2.75, 3.05) is 50.9 Å². The fourth-order valence-corrected chi connectivity index (χ4v) is 6.28. The average Bonchev–Trinajstić information content (AvgIpc) is 3.54. The molecule has 0 bridgehead atoms. The average molecular weight is 623 g/mol. The number of nitrogen functional groups attached to an aromatic ring is 1. The first-order valence-electron chi connectivity index (χ1n) is 13.5. The lowest BCUT2D eigenvalue weighted by atomic mass is 9.95. The lowest BCUT2D eigenvalue weighted by Crippen LogP contribution is -2.58. The maximum atomic E-state index is 16.5. The van der Waals surface area contributed by atoms with Crippen LogP contribution in [0.25, 0.3) is 32.2 Å². The van der Waals surface area contributed by atoms with Crippen molar-refractivity contribution < 1.29 is 31.5 Å². The summed E-state index contributed by atoms with van der Waals surface area (Å²) < 4.78 is 80.4. The predicted octanol–water partition coefficient (Wildman–Crippen LogP) is 3.84. The molecule has 2 aliphatic rings. The zero-order chi connectivity index (χ0) is 30.6. The number of alkyl halides is 3. The third-order valence-electron chi connectivity index (χ3n) is 7.82. The van der Waals surface area contributed by atoms with Crippen LogP contribution in [0.1, 0.15) is 18.4 Å². The van der Waals surface area contributed by atoms with Crippen molar-refractivity contribution in [1.82, 2.24) is 24.8 Å². The number of nitrogens with one attached hydrogen (secondary N) is 1. The van der Waals surface area contributed by atoms with Gasteiger partial charge in [-0.1, -0.05) is 11.3 Å². The molecule has 0 aliphatic carbocycles. The number of fused-ring (bicyclic) bond motifs is 2. The highest BCUT2D eigenvalue weighted by molar-refractivity contribution is 7.22. The Bertz CT molecular complexity index is 1730. The number of nitrogens with zero attached hydrogens (tertiary/aromatic N) is 5. The molecule has 4 heterocycles. The van der Waals surface area contributed by atoms with Gasteiger partial charge in [-0.15, -0.1) is 0 Å². The number of halogens is 5. The van der Waals surface area contributed by atoms with Gasteiger partial charge in [0.15, 0.2) is 10.9 Å². The van der Waals surface area contributed by atoms with Gasteiger partial charge in [0, 0.05) is 35.6 Å². The van der Waals surface area contributed by atoms with Gasteiger partial charge in [0.05, 0.1) is 28.4 Å². The van der Waals surface area contributed by atoms with Crippen LogP contribution >= 0.6 is 11.3 Å². The molecular weight excluding hydrogens is 595 g/mol. The van der Waals surface area contributed by atoms with Crippen LogP contribution < -0.4 is 21.5 Å². The summed E-state index contributed by atoms with van der Waals surface area (Å²) >= 11 is 0.746. The third kappa shape index (κ3) is 5.38. The van der Waals surface area contributed by atoms with Crippen molar-refractivity contribution in [3.63, 3.8) is 0 Å². The van der Waals surface area contributed by atoms with Crippen LogP contribution in [0.3, 0.4) is 0 Å². The Morgan fingerprint density at radius 1 is 1.19 bits per heavy atom. The van der Waals surface area contributed by atoms with Crippen LogP contribution in [0.2, 0.25) is 0 Å². The van der Waals surface area contributed by atoms with Gasteiger partial charge in [-0.25, -0.2) is 13.8 Å². The summed E-state index contributed by atoms with van der Waals surface area (Å²) in [6.07, 6.45) is -3.18. The minimum atomic E-state index is -5.02. The Balaban J connectivity index is 1.50. The van der Waals surface area contributed by atoms with Crippen LogP contribution in [0.5, 0.6) is 6.01 Å². The predicted molar refractivity (Wildman–Crippen MR) is 152 cm³/mol. The van der Waals surface area contributed by atoms with Crippen LogP contribution in [0, 0.1) is 11.6 Å². The van der Waals surface area contributed by atoms with Crippen molar-refractivity contribution >= 4 is 49.3 Å². The van der Waals surface area contributed by atoms with Gasteiger partial charge in [-0.05, 0) is 44.6 Å². The maximum Gasteiger partial charge on any atom is 0.417 e. The minimum Gasteiger partial charge on any atom is -0.462 e. The van der Waals surface area contributed by atoms with Crippen molar-refractivity contribution in [3.8, 4) is 17.1 Å². The SMILES string of the molecule is CN1CCC[C@H]1COc1nc(NC2CN(C(=O)CN)C2)c2cc(C(F)(F)F)c(-c3ccc(F)c4sc(N)nc34)c(F)c2n1. The highest BCUT2D eigenvalue weighted by atomic mass is 32.1. The van der Waals surface area contributed by atoms with Gasteiger partial charge in [0.25, 0.3) is 0 Å². The number of ether oxygens (including phenoxy) is 1. The van der Waals surface area contributed by atoms with Crippen LogP contribution in [0.4, 0.5) is 32.9 Å². The molecule has 43 heavy (non-hydrogen) atoms. The molecule has 10 nitrogen and oxygen atoms in total. The molecule has 0 spiro atoms. The molecule has 228 valence electrons. The van der Waals surface area contributed by atoms with E-state index in [4.69, 9.17) is 16.2 Å². The molecule has 5 N–H and O–H groups in total. The summed E-state index contributed by atoms with van der Waals surface area (Å²) in [5.41, 5.74) is 8.09. The number of likely N-dealkylation sites (tertiary alicyclic amines) is 2. The number of likely N-dealkylation sites (N-methyl/N-ethyl adjacent to an activating group) is 1. The summed E-state index contributed by atoms with van der Waals surface area (Å²) in [6.45, 7) is 1.35. The molecule has 2 aliphatic heterocycles. The Kier molecular flexibility index (Phi) is 7.46. The van der Waals surface area contributed by atoms with Gasteiger partial charge in [-0.2, -0.15) is 23.1 Å². The summed E-state index contributed by atoms with van der Waals surface area (Å²) in [6, 6.07) is 2.21. The fraction of sp³-hybridized carbons (Fsp3) is 0.407. The van der Waals surface area contributed by atoms with Gasteiger partial charge in [0.2, 0.25) is 5.91 Å². The summed E-state index contributed by atoms with van der Waals surface area (Å²) in [5.74, 6) is -2.40. The van der Waals surface area contributed by atoms with Crippen LogP contribution in [-0.2, 0) is 11.0 Å². The number of thiazole rings is 1. The van der Waals surface area contributed by atoms with E-state index < -0.39 is 34.5 Å². The van der Waals surface area contributed by atoms with Gasteiger partial charge in [0.1, 0.15) is 23.8 Å². The topological polar surface area (TPSA) is 136 Å². The van der Waals surface area contributed by atoms with Crippen molar-refractivity contribution in [2.45, 2.75) is 31.1 Å². The van der Waals surface area contributed by atoms with E-state index in [0.29, 0.717) is 0 Å². The Morgan fingerprint density at radius 3 is 2.63 bits per heavy atom. The zero-order valence-corrected chi connectivity index (χ0v) is 23.7. The Hall–Kier alpha value is -3.89. The fourth-order valence-electron chi connectivity index (χ4n) is 5.52. The second kappa shape index (κ2) is 11.0. The largest absolute Gasteiger partial charge is 0.462 e. The molecule has 0 radical (unpaired) electrons. The summed E-state index contributed by atoms with van der Waals surface area (Å²) in [4.78, 5) is 28.0. The molecule has 16 heteroatoms. The number of amides is 1. The van der Waals surface area contributed by atoms with Crippen LogP contribution in [-0.4, -0.2) is 82.6 Å². The maximum absolute atomic E-state index is 16.5. The Labute approximate surface area is 245 Å². The van der Waals surface area contributed by atoms with E-state index in [1.54, 1.807) is 0 Å². The third-order valence-corrected chi connectivity index (χ3v) is 8.72. The zero-order valence-electron chi connectivity index (χ0n) is 22.8. The van der Waals surface area contributed by atoms with Gasteiger partial charge in [-0.3, -0.25) is 4.79 Å². The van der Waals surface area contributed by atoms with E-state index >= 15 is 4.39 Å². The van der Waals surface area contributed by atoms with Gasteiger partial charge < -0.3 is 31.3 Å². The minimum absolute atomic E-state index is 0.0637. The number of carbonyl (C=O) groups is 1. The molecule has 0 saturated carbocycles. The van der Waals surface area contributed by atoms with E-state index in [1.807, 2.05) is 7.05 Å². The van der Waals surface area contributed by atoms with Gasteiger partial charge >= 0.3 is 12.2 Å². The highest BCUT2D eigenvalue weighted by Crippen LogP contribution is 2.45. The number of hydrogen-bond donors (Lipinski definition) is 3. The highest BCUT2D eigenvalue weighted by Gasteiger charge is 2.39. The number of aromatic nitrogens is 3. The first kappa shape index (κ1) is 29.2.